The average molecular weight is 408 g/mol. The van der Waals surface area contributed by atoms with Crippen LogP contribution < -0.4 is 0 Å². The molecule has 0 saturated carbocycles. The lowest BCUT2D eigenvalue weighted by Gasteiger charge is -2.04. The molecular weight excluding hydrogens is 390 g/mol. The third-order valence-corrected chi connectivity index (χ3v) is 6.38. The molecule has 0 aliphatic rings. The maximum Gasteiger partial charge on any atom is 0.341 e. The molecule has 2 aromatic carbocycles. The maximum absolute atomic E-state index is 12.6. The Morgan fingerprint density at radius 3 is 2.33 bits per heavy atom. The van der Waals surface area contributed by atoms with Crippen LogP contribution in [0.3, 0.4) is 0 Å². The SMILES string of the molecule is Cc1[nH]c(SCc2ccc(S(=O)(=O)C(F)F)cc2)nc1Cc1ccccc1. The second-order valence-electron chi connectivity index (χ2n) is 6.01. The molecule has 0 spiro atoms. The zero-order chi connectivity index (χ0) is 19.4. The summed E-state index contributed by atoms with van der Waals surface area (Å²) in [5.74, 6) is -2.86. The number of hydrogen-bond acceptors (Lipinski definition) is 4. The van der Waals surface area contributed by atoms with Gasteiger partial charge in [-0.3, -0.25) is 0 Å². The molecule has 0 atom stereocenters. The van der Waals surface area contributed by atoms with E-state index in [0.717, 1.165) is 28.5 Å². The molecule has 27 heavy (non-hydrogen) atoms. The van der Waals surface area contributed by atoms with E-state index >= 15 is 0 Å². The van der Waals surface area contributed by atoms with Gasteiger partial charge < -0.3 is 4.98 Å². The number of hydrogen-bond donors (Lipinski definition) is 1. The summed E-state index contributed by atoms with van der Waals surface area (Å²) in [6.07, 6.45) is 0.740. The van der Waals surface area contributed by atoms with E-state index in [1.54, 1.807) is 12.1 Å². The molecule has 1 N–H and O–H groups in total. The van der Waals surface area contributed by atoms with Crippen LogP contribution in [-0.2, 0) is 22.0 Å². The fourth-order valence-corrected chi connectivity index (χ4v) is 4.14. The minimum absolute atomic E-state index is 0.370. The first kappa shape index (κ1) is 19.6. The molecule has 0 saturated heterocycles. The van der Waals surface area contributed by atoms with E-state index in [0.29, 0.717) is 5.75 Å². The highest BCUT2D eigenvalue weighted by Crippen LogP contribution is 2.24. The number of nitrogens with one attached hydrogen (secondary N) is 1. The van der Waals surface area contributed by atoms with Gasteiger partial charge in [0.1, 0.15) is 0 Å². The number of rotatable bonds is 7. The van der Waals surface area contributed by atoms with E-state index in [1.165, 1.54) is 29.5 Å². The summed E-state index contributed by atoms with van der Waals surface area (Å²) in [5, 5.41) is 0.766. The number of nitrogens with zero attached hydrogens (tertiary/aromatic N) is 1. The Hall–Kier alpha value is -2.19. The third-order valence-electron chi connectivity index (χ3n) is 4.04. The van der Waals surface area contributed by atoms with Gasteiger partial charge in [-0.25, -0.2) is 13.4 Å². The van der Waals surface area contributed by atoms with E-state index < -0.39 is 15.6 Å². The Balaban J connectivity index is 1.64. The first-order valence-electron chi connectivity index (χ1n) is 8.19. The Kier molecular flexibility index (Phi) is 5.96. The number of aryl methyl sites for hydroxylation is 1. The third kappa shape index (κ3) is 4.75. The standard InChI is InChI=1S/C19H18F2N2O2S2/c1-13-17(11-14-5-3-2-4-6-14)23-19(22-13)26-12-15-7-9-16(10-8-15)27(24,25)18(20)21/h2-10,18H,11-12H2,1H3,(H,22,23). The van der Waals surface area contributed by atoms with Gasteiger partial charge in [0, 0.05) is 17.9 Å². The molecule has 0 unspecified atom stereocenters. The predicted octanol–water partition coefficient (Wildman–Crippen LogP) is 4.60. The minimum Gasteiger partial charge on any atom is -0.337 e. The van der Waals surface area contributed by atoms with Crippen molar-refractivity contribution < 1.29 is 17.2 Å². The van der Waals surface area contributed by atoms with Gasteiger partial charge in [-0.05, 0) is 30.2 Å². The van der Waals surface area contributed by atoms with Crippen LogP contribution in [0.15, 0.2) is 64.6 Å². The molecule has 0 bridgehead atoms. The van der Waals surface area contributed by atoms with Crippen LogP contribution in [0.25, 0.3) is 0 Å². The van der Waals surface area contributed by atoms with Crippen molar-refractivity contribution in [3.05, 3.63) is 77.1 Å². The molecule has 0 aliphatic carbocycles. The summed E-state index contributed by atoms with van der Waals surface area (Å²) < 4.78 is 48.0. The molecule has 8 heteroatoms. The molecule has 0 amide bonds. The summed E-state index contributed by atoms with van der Waals surface area (Å²) in [7, 11) is -4.55. The molecule has 1 heterocycles. The van der Waals surface area contributed by atoms with Crippen LogP contribution in [0.2, 0.25) is 0 Å². The van der Waals surface area contributed by atoms with E-state index in [1.807, 2.05) is 25.1 Å². The Bertz CT molecular complexity index is 1000. The highest BCUT2D eigenvalue weighted by Gasteiger charge is 2.26. The van der Waals surface area contributed by atoms with Gasteiger partial charge in [0.15, 0.2) is 5.16 Å². The van der Waals surface area contributed by atoms with Crippen molar-refractivity contribution in [3.63, 3.8) is 0 Å². The lowest BCUT2D eigenvalue weighted by Crippen LogP contribution is -2.11. The number of imidazole rings is 1. The first-order valence-corrected chi connectivity index (χ1v) is 10.7. The van der Waals surface area contributed by atoms with E-state index in [2.05, 4.69) is 22.1 Å². The van der Waals surface area contributed by atoms with Gasteiger partial charge in [0.05, 0.1) is 10.6 Å². The highest BCUT2D eigenvalue weighted by molar-refractivity contribution is 7.98. The Labute approximate surface area is 161 Å². The normalized spacial score (nSPS) is 11.9. The number of alkyl halides is 2. The van der Waals surface area contributed by atoms with Gasteiger partial charge >= 0.3 is 5.76 Å². The van der Waals surface area contributed by atoms with Crippen LogP contribution >= 0.6 is 11.8 Å². The maximum atomic E-state index is 12.6. The van der Waals surface area contributed by atoms with Crippen molar-refractivity contribution in [3.8, 4) is 0 Å². The number of benzene rings is 2. The van der Waals surface area contributed by atoms with Crippen LogP contribution in [0, 0.1) is 6.92 Å². The van der Waals surface area contributed by atoms with Crippen LogP contribution in [0.5, 0.6) is 0 Å². The van der Waals surface area contributed by atoms with Crippen molar-refractivity contribution in [1.29, 1.82) is 0 Å². The highest BCUT2D eigenvalue weighted by atomic mass is 32.2. The molecule has 1 aromatic heterocycles. The molecule has 4 nitrogen and oxygen atoms in total. The van der Waals surface area contributed by atoms with Crippen LogP contribution in [0.4, 0.5) is 8.78 Å². The lowest BCUT2D eigenvalue weighted by atomic mass is 10.1. The zero-order valence-electron chi connectivity index (χ0n) is 14.5. The molecule has 3 rings (SSSR count). The quantitative estimate of drug-likeness (QED) is 0.581. The van der Waals surface area contributed by atoms with E-state index in [-0.39, 0.29) is 4.90 Å². The van der Waals surface area contributed by atoms with Crippen molar-refractivity contribution in [2.75, 3.05) is 0 Å². The number of sulfone groups is 1. The van der Waals surface area contributed by atoms with Gasteiger partial charge in [-0.1, -0.05) is 54.2 Å². The first-order chi connectivity index (χ1) is 12.9. The summed E-state index contributed by atoms with van der Waals surface area (Å²) in [4.78, 5) is 7.48. The van der Waals surface area contributed by atoms with Gasteiger partial charge in [0.2, 0.25) is 9.84 Å². The number of H-pyrrole nitrogens is 1. The molecular formula is C19H18F2N2O2S2. The molecule has 0 aliphatic heterocycles. The summed E-state index contributed by atoms with van der Waals surface area (Å²) >= 11 is 1.47. The van der Waals surface area contributed by atoms with Crippen LogP contribution in [0.1, 0.15) is 22.5 Å². The largest absolute Gasteiger partial charge is 0.341 e. The average Bonchev–Trinajstić information content (AvgIpc) is 3.00. The fraction of sp³-hybridized carbons (Fsp3) is 0.211. The van der Waals surface area contributed by atoms with Gasteiger partial charge in [0.25, 0.3) is 0 Å². The smallest absolute Gasteiger partial charge is 0.337 e. The van der Waals surface area contributed by atoms with Crippen molar-refractivity contribution in [2.45, 2.75) is 34.9 Å². The van der Waals surface area contributed by atoms with Gasteiger partial charge in [-0.2, -0.15) is 8.78 Å². The van der Waals surface area contributed by atoms with Crippen molar-refractivity contribution in [2.24, 2.45) is 0 Å². The number of aromatic amines is 1. The molecule has 0 fully saturated rings. The number of thioether (sulfide) groups is 1. The predicted molar refractivity (Wildman–Crippen MR) is 102 cm³/mol. The Morgan fingerprint density at radius 2 is 1.70 bits per heavy atom. The second-order valence-corrected chi connectivity index (χ2v) is 8.90. The minimum atomic E-state index is -4.55. The summed E-state index contributed by atoms with van der Waals surface area (Å²) in [6.45, 7) is 1.97. The molecule has 142 valence electrons. The topological polar surface area (TPSA) is 62.8 Å². The summed E-state index contributed by atoms with van der Waals surface area (Å²) in [5.41, 5.74) is 3.98. The number of aromatic nitrogens is 2. The van der Waals surface area contributed by atoms with E-state index in [4.69, 9.17) is 0 Å². The van der Waals surface area contributed by atoms with Crippen molar-refractivity contribution >= 4 is 21.6 Å². The number of halogens is 2. The molecule has 0 radical (unpaired) electrons. The monoisotopic (exact) mass is 408 g/mol. The molecule has 3 aromatic rings. The van der Waals surface area contributed by atoms with E-state index in [9.17, 15) is 17.2 Å². The van der Waals surface area contributed by atoms with Crippen molar-refractivity contribution in [1.82, 2.24) is 9.97 Å². The van der Waals surface area contributed by atoms with Gasteiger partial charge in [-0.15, -0.1) is 0 Å². The summed E-state index contributed by atoms with van der Waals surface area (Å²) in [6, 6.07) is 15.6. The second kappa shape index (κ2) is 8.22. The Morgan fingerprint density at radius 1 is 1.04 bits per heavy atom. The zero-order valence-corrected chi connectivity index (χ0v) is 16.2. The lowest BCUT2D eigenvalue weighted by molar-refractivity contribution is 0.234. The fourth-order valence-electron chi connectivity index (χ4n) is 2.53. The van der Waals surface area contributed by atoms with Crippen LogP contribution in [-0.4, -0.2) is 24.1 Å².